The Morgan fingerprint density at radius 1 is 1.18 bits per heavy atom. The monoisotopic (exact) mass is 310 g/mol. The molecule has 1 fully saturated rings. The van der Waals surface area contributed by atoms with Crippen molar-refractivity contribution < 1.29 is 19.8 Å². The van der Waals surface area contributed by atoms with E-state index in [-0.39, 0.29) is 24.0 Å². The van der Waals surface area contributed by atoms with Crippen molar-refractivity contribution in [2.75, 3.05) is 0 Å². The van der Waals surface area contributed by atoms with Crippen LogP contribution in [0.4, 0.5) is 0 Å². The number of aliphatic carboxylic acids is 1. The van der Waals surface area contributed by atoms with Gasteiger partial charge in [0.15, 0.2) is 0 Å². The van der Waals surface area contributed by atoms with E-state index >= 15 is 0 Å². The molecule has 22 heavy (non-hydrogen) atoms. The number of hydrogen-bond acceptors (Lipinski definition) is 3. The standard InChI is InChI=1S/C18H30O4/c1-2-3-7-10-14-15(17(20)13-16(14)19)11-8-5-4-6-9-12-18(21)22/h3,7,14-16,19H,2,4-6,8-13H2,1H3,(H,21,22)/t14-,15-,16-/m0/s1. The molecule has 0 aliphatic heterocycles. The highest BCUT2D eigenvalue weighted by molar-refractivity contribution is 5.84. The molecule has 0 aromatic heterocycles. The van der Waals surface area contributed by atoms with Crippen LogP contribution in [0, 0.1) is 11.8 Å². The van der Waals surface area contributed by atoms with E-state index in [0.717, 1.165) is 51.4 Å². The summed E-state index contributed by atoms with van der Waals surface area (Å²) >= 11 is 0. The number of carboxylic acid groups (broad SMARTS) is 1. The zero-order chi connectivity index (χ0) is 16.4. The van der Waals surface area contributed by atoms with E-state index in [1.165, 1.54) is 0 Å². The van der Waals surface area contributed by atoms with Gasteiger partial charge >= 0.3 is 5.97 Å². The fourth-order valence-electron chi connectivity index (χ4n) is 3.30. The minimum atomic E-state index is -0.728. The molecule has 1 rings (SSSR count). The maximum atomic E-state index is 12.0. The number of aliphatic hydroxyl groups is 1. The van der Waals surface area contributed by atoms with E-state index < -0.39 is 12.1 Å². The van der Waals surface area contributed by atoms with Crippen LogP contribution in [0.5, 0.6) is 0 Å². The van der Waals surface area contributed by atoms with Crippen LogP contribution in [-0.4, -0.2) is 28.1 Å². The second kappa shape index (κ2) is 10.5. The molecule has 0 saturated heterocycles. The number of allylic oxidation sites excluding steroid dienone is 2. The Morgan fingerprint density at radius 3 is 2.55 bits per heavy atom. The smallest absolute Gasteiger partial charge is 0.303 e. The molecule has 1 aliphatic carbocycles. The lowest BCUT2D eigenvalue weighted by Crippen LogP contribution is -2.20. The molecule has 126 valence electrons. The van der Waals surface area contributed by atoms with Crippen LogP contribution in [0.2, 0.25) is 0 Å². The van der Waals surface area contributed by atoms with E-state index in [1.54, 1.807) is 0 Å². The molecule has 0 amide bonds. The Labute approximate surface area is 133 Å². The fourth-order valence-corrected chi connectivity index (χ4v) is 3.30. The normalized spacial score (nSPS) is 25.2. The first kappa shape index (κ1) is 18.9. The number of carboxylic acids is 1. The summed E-state index contributed by atoms with van der Waals surface area (Å²) in [6, 6.07) is 0. The van der Waals surface area contributed by atoms with Gasteiger partial charge in [0, 0.05) is 18.8 Å². The summed E-state index contributed by atoms with van der Waals surface area (Å²) < 4.78 is 0. The predicted molar refractivity (Wildman–Crippen MR) is 86.6 cm³/mol. The van der Waals surface area contributed by atoms with Crippen molar-refractivity contribution in [3.8, 4) is 0 Å². The number of hydrogen-bond donors (Lipinski definition) is 2. The Balaban J connectivity index is 2.25. The van der Waals surface area contributed by atoms with Crippen LogP contribution in [-0.2, 0) is 9.59 Å². The summed E-state index contributed by atoms with van der Waals surface area (Å²) in [5.41, 5.74) is 0. The molecule has 0 spiro atoms. The number of ketones is 1. The highest BCUT2D eigenvalue weighted by Crippen LogP contribution is 2.35. The van der Waals surface area contributed by atoms with Crippen LogP contribution in [0.3, 0.4) is 0 Å². The van der Waals surface area contributed by atoms with Crippen LogP contribution in [0.25, 0.3) is 0 Å². The largest absolute Gasteiger partial charge is 0.481 e. The molecule has 4 nitrogen and oxygen atoms in total. The third-order valence-electron chi connectivity index (χ3n) is 4.55. The summed E-state index contributed by atoms with van der Waals surface area (Å²) in [5.74, 6) is -0.417. The summed E-state index contributed by atoms with van der Waals surface area (Å²) in [6.45, 7) is 2.08. The number of unbranched alkanes of at least 4 members (excludes halogenated alkanes) is 4. The third-order valence-corrected chi connectivity index (χ3v) is 4.55. The molecule has 1 aliphatic rings. The number of Topliss-reactive ketones (excluding diaryl/α,β-unsaturated/α-hetero) is 1. The molecule has 0 bridgehead atoms. The molecule has 0 heterocycles. The number of aliphatic hydroxyl groups excluding tert-OH is 1. The van der Waals surface area contributed by atoms with E-state index in [4.69, 9.17) is 5.11 Å². The van der Waals surface area contributed by atoms with E-state index in [0.29, 0.717) is 6.42 Å². The van der Waals surface area contributed by atoms with Gasteiger partial charge in [0.1, 0.15) is 5.78 Å². The lowest BCUT2D eigenvalue weighted by molar-refractivity contribution is -0.137. The first-order valence-electron chi connectivity index (χ1n) is 8.63. The Hall–Kier alpha value is -1.16. The highest BCUT2D eigenvalue weighted by atomic mass is 16.4. The van der Waals surface area contributed by atoms with Crippen molar-refractivity contribution >= 4 is 11.8 Å². The first-order valence-corrected chi connectivity index (χ1v) is 8.63. The van der Waals surface area contributed by atoms with Gasteiger partial charge in [0.2, 0.25) is 0 Å². The average molecular weight is 310 g/mol. The van der Waals surface area contributed by atoms with Gasteiger partial charge in [-0.05, 0) is 31.6 Å². The van der Waals surface area contributed by atoms with Crippen molar-refractivity contribution in [2.45, 2.75) is 77.2 Å². The van der Waals surface area contributed by atoms with Crippen LogP contribution >= 0.6 is 0 Å². The van der Waals surface area contributed by atoms with Crippen molar-refractivity contribution in [3.63, 3.8) is 0 Å². The Bertz CT molecular complexity index is 375. The number of carbonyl (C=O) groups excluding carboxylic acids is 1. The molecule has 0 aromatic rings. The SMILES string of the molecule is CCC=CC[C@H]1[C@H](CCCCCCCC(=O)O)C(=O)C[C@@H]1O. The van der Waals surface area contributed by atoms with Crippen LogP contribution < -0.4 is 0 Å². The predicted octanol–water partition coefficient (Wildman–Crippen LogP) is 3.72. The topological polar surface area (TPSA) is 74.6 Å². The van der Waals surface area contributed by atoms with Crippen molar-refractivity contribution in [1.82, 2.24) is 0 Å². The summed E-state index contributed by atoms with van der Waals surface area (Å²) in [4.78, 5) is 22.4. The lowest BCUT2D eigenvalue weighted by Gasteiger charge is -2.19. The minimum Gasteiger partial charge on any atom is -0.481 e. The molecule has 1 saturated carbocycles. The van der Waals surface area contributed by atoms with E-state index in [2.05, 4.69) is 19.1 Å². The Kier molecular flexibility index (Phi) is 9.05. The molecule has 4 heteroatoms. The summed E-state index contributed by atoms with van der Waals surface area (Å²) in [7, 11) is 0. The zero-order valence-corrected chi connectivity index (χ0v) is 13.7. The summed E-state index contributed by atoms with van der Waals surface area (Å²) in [5, 5.41) is 18.6. The van der Waals surface area contributed by atoms with Crippen molar-refractivity contribution in [3.05, 3.63) is 12.2 Å². The van der Waals surface area contributed by atoms with Gasteiger partial charge in [0.05, 0.1) is 6.10 Å². The van der Waals surface area contributed by atoms with Gasteiger partial charge in [-0.1, -0.05) is 44.8 Å². The second-order valence-corrected chi connectivity index (χ2v) is 6.32. The molecule has 2 N–H and O–H groups in total. The molecular weight excluding hydrogens is 280 g/mol. The van der Waals surface area contributed by atoms with E-state index in [1.807, 2.05) is 0 Å². The fraction of sp³-hybridized carbons (Fsp3) is 0.778. The van der Waals surface area contributed by atoms with E-state index in [9.17, 15) is 14.7 Å². The number of rotatable bonds is 11. The van der Waals surface area contributed by atoms with Gasteiger partial charge < -0.3 is 10.2 Å². The lowest BCUT2D eigenvalue weighted by atomic mass is 9.86. The number of carbonyl (C=O) groups is 2. The Morgan fingerprint density at radius 2 is 1.86 bits per heavy atom. The van der Waals surface area contributed by atoms with Crippen molar-refractivity contribution in [2.24, 2.45) is 11.8 Å². The van der Waals surface area contributed by atoms with Gasteiger partial charge in [0.25, 0.3) is 0 Å². The molecular formula is C18H30O4. The van der Waals surface area contributed by atoms with Gasteiger partial charge in [-0.2, -0.15) is 0 Å². The second-order valence-electron chi connectivity index (χ2n) is 6.32. The van der Waals surface area contributed by atoms with Gasteiger partial charge in [-0.15, -0.1) is 0 Å². The average Bonchev–Trinajstić information content (AvgIpc) is 2.72. The first-order chi connectivity index (χ1) is 10.6. The minimum absolute atomic E-state index is 0.00975. The molecule has 3 atom stereocenters. The molecule has 0 aromatic carbocycles. The highest BCUT2D eigenvalue weighted by Gasteiger charge is 2.39. The summed E-state index contributed by atoms with van der Waals surface area (Å²) in [6.07, 6.45) is 11.6. The molecule has 0 radical (unpaired) electrons. The quantitative estimate of drug-likeness (QED) is 0.450. The maximum absolute atomic E-state index is 12.0. The van der Waals surface area contributed by atoms with Crippen molar-refractivity contribution in [1.29, 1.82) is 0 Å². The van der Waals surface area contributed by atoms with Crippen LogP contribution in [0.15, 0.2) is 12.2 Å². The third kappa shape index (κ3) is 6.73. The van der Waals surface area contributed by atoms with Gasteiger partial charge in [-0.3, -0.25) is 9.59 Å². The van der Waals surface area contributed by atoms with Crippen LogP contribution in [0.1, 0.15) is 71.1 Å². The molecule has 0 unspecified atom stereocenters. The maximum Gasteiger partial charge on any atom is 0.303 e. The van der Waals surface area contributed by atoms with Gasteiger partial charge in [-0.25, -0.2) is 0 Å². The zero-order valence-electron chi connectivity index (χ0n) is 13.7.